The minimum absolute atomic E-state index is 0.330. The van der Waals surface area contributed by atoms with Gasteiger partial charge in [0.15, 0.2) is 0 Å². The average Bonchev–Trinajstić information content (AvgIpc) is 3.22. The van der Waals surface area contributed by atoms with E-state index < -0.39 is 0 Å². The fourth-order valence-corrected chi connectivity index (χ4v) is 6.98. The molecule has 0 aliphatic carbocycles. The second kappa shape index (κ2) is 7.24. The van der Waals surface area contributed by atoms with E-state index in [9.17, 15) is 0 Å². The Labute approximate surface area is 212 Å². The summed E-state index contributed by atoms with van der Waals surface area (Å²) in [6.07, 6.45) is 2.00. The zero-order chi connectivity index (χ0) is 24.0. The van der Waals surface area contributed by atoms with Gasteiger partial charge < -0.3 is 4.57 Å². The van der Waals surface area contributed by atoms with Crippen molar-refractivity contribution in [3.63, 3.8) is 0 Å². The largest absolute Gasteiger partial charge is 0.309 e. The summed E-state index contributed by atoms with van der Waals surface area (Å²) >= 11 is 0. The maximum Gasteiger partial charge on any atom is 0.242 e. The van der Waals surface area contributed by atoms with Gasteiger partial charge in [-0.15, -0.1) is 0 Å². The fraction of sp³-hybridized carbons (Fsp3) is 0.118. The Morgan fingerprint density at radius 3 is 1.58 bits per heavy atom. The van der Waals surface area contributed by atoms with Crippen molar-refractivity contribution < 1.29 is 0 Å². The van der Waals surface area contributed by atoms with Gasteiger partial charge in [-0.25, -0.2) is 0 Å². The van der Waals surface area contributed by atoms with Crippen LogP contribution >= 0.6 is 0 Å². The molecule has 36 heavy (non-hydrogen) atoms. The van der Waals surface area contributed by atoms with Gasteiger partial charge in [0.2, 0.25) is 6.71 Å². The molecule has 170 valence electrons. The van der Waals surface area contributed by atoms with Crippen LogP contribution in [0.15, 0.2) is 97.1 Å². The highest BCUT2D eigenvalue weighted by molar-refractivity contribution is 6.97. The smallest absolute Gasteiger partial charge is 0.242 e. The van der Waals surface area contributed by atoms with E-state index in [4.69, 9.17) is 0 Å². The number of para-hydroxylation sites is 2. The van der Waals surface area contributed by atoms with Crippen LogP contribution in [0.5, 0.6) is 0 Å². The highest BCUT2D eigenvalue weighted by Crippen LogP contribution is 2.34. The molecular weight excluding hydrogens is 433 g/mol. The zero-order valence-electron chi connectivity index (χ0n) is 20.7. The van der Waals surface area contributed by atoms with E-state index in [1.165, 1.54) is 71.8 Å². The molecule has 0 saturated heterocycles. The number of hydrogen-bond acceptors (Lipinski definition) is 0. The first-order chi connectivity index (χ1) is 17.7. The topological polar surface area (TPSA) is 4.93 Å². The number of fused-ring (bicyclic) bond motifs is 7. The van der Waals surface area contributed by atoms with Gasteiger partial charge in [0, 0.05) is 16.5 Å². The first kappa shape index (κ1) is 20.2. The van der Waals surface area contributed by atoms with Gasteiger partial charge in [-0.3, -0.25) is 0 Å². The van der Waals surface area contributed by atoms with Crippen molar-refractivity contribution in [2.75, 3.05) is 0 Å². The molecule has 0 atom stereocenters. The normalized spacial score (nSPS) is 13.6. The van der Waals surface area contributed by atoms with Crippen LogP contribution in [0.2, 0.25) is 0 Å². The third kappa shape index (κ3) is 2.73. The van der Waals surface area contributed by atoms with Crippen LogP contribution in [0.1, 0.15) is 33.4 Å². The molecule has 0 N–H and O–H groups in total. The fourth-order valence-electron chi connectivity index (χ4n) is 6.98. The molecule has 3 heterocycles. The summed E-state index contributed by atoms with van der Waals surface area (Å²) in [4.78, 5) is 0. The lowest BCUT2D eigenvalue weighted by molar-refractivity contribution is 1.10. The zero-order valence-corrected chi connectivity index (χ0v) is 20.7. The highest BCUT2D eigenvalue weighted by Gasteiger charge is 2.37. The van der Waals surface area contributed by atoms with E-state index in [2.05, 4.69) is 115 Å². The SMILES string of the molecule is Cc1ccc2c(c1)Cc1cc(-n3c4ccccc4c4ccccc43)cc3c1B2c1ccc(C)cc1C3. The minimum atomic E-state index is 0.330. The molecule has 1 nitrogen and oxygen atoms in total. The van der Waals surface area contributed by atoms with E-state index in [1.54, 1.807) is 5.46 Å². The van der Waals surface area contributed by atoms with Crippen LogP contribution in [0, 0.1) is 13.8 Å². The van der Waals surface area contributed by atoms with Crippen LogP contribution in [0.4, 0.5) is 0 Å². The molecule has 0 fully saturated rings. The molecule has 6 aromatic rings. The Morgan fingerprint density at radius 2 is 1.06 bits per heavy atom. The Kier molecular flexibility index (Phi) is 4.06. The van der Waals surface area contributed by atoms with Gasteiger partial charge in [0.1, 0.15) is 0 Å². The van der Waals surface area contributed by atoms with Gasteiger partial charge in [-0.1, -0.05) is 100 Å². The van der Waals surface area contributed by atoms with E-state index in [0.717, 1.165) is 12.8 Å². The van der Waals surface area contributed by atoms with Gasteiger partial charge in [-0.05, 0) is 73.2 Å². The molecule has 0 radical (unpaired) electrons. The van der Waals surface area contributed by atoms with Crippen LogP contribution < -0.4 is 16.4 Å². The highest BCUT2D eigenvalue weighted by atomic mass is 15.0. The number of benzene rings is 5. The summed E-state index contributed by atoms with van der Waals surface area (Å²) in [7, 11) is 0. The molecular formula is C34H26BN. The number of aryl methyl sites for hydroxylation is 2. The maximum absolute atomic E-state index is 2.48. The third-order valence-corrected chi connectivity index (χ3v) is 8.44. The van der Waals surface area contributed by atoms with Gasteiger partial charge >= 0.3 is 0 Å². The molecule has 0 spiro atoms. The molecule has 8 rings (SSSR count). The molecule has 2 heteroatoms. The van der Waals surface area contributed by atoms with Crippen molar-refractivity contribution in [3.05, 3.63) is 130 Å². The molecule has 5 aromatic carbocycles. The monoisotopic (exact) mass is 459 g/mol. The van der Waals surface area contributed by atoms with Crippen LogP contribution in [-0.4, -0.2) is 11.3 Å². The molecule has 2 aliphatic rings. The number of aromatic nitrogens is 1. The average molecular weight is 459 g/mol. The van der Waals surface area contributed by atoms with E-state index in [1.807, 2.05) is 0 Å². The summed E-state index contributed by atoms with van der Waals surface area (Å²) in [5, 5.41) is 2.64. The lowest BCUT2D eigenvalue weighted by atomic mass is 9.30. The van der Waals surface area contributed by atoms with Crippen molar-refractivity contribution in [2.45, 2.75) is 26.7 Å². The molecule has 0 saturated carbocycles. The lowest BCUT2D eigenvalue weighted by Gasteiger charge is -2.35. The van der Waals surface area contributed by atoms with Crippen LogP contribution in [-0.2, 0) is 12.8 Å². The summed E-state index contributed by atoms with van der Waals surface area (Å²) in [6, 6.07) is 36.8. The summed E-state index contributed by atoms with van der Waals surface area (Å²) in [5.41, 5.74) is 17.0. The standard InChI is InChI=1S/C34H26BN/c1-21-11-13-30-23(15-21)17-25-19-27(20-26-18-24-16-22(2)12-14-31(24)35(30)34(25)26)36-32-9-5-3-7-28(32)29-8-4-6-10-33(29)36/h3-16,19-20H,17-18H2,1-2H3. The van der Waals surface area contributed by atoms with E-state index in [-0.39, 0.29) is 0 Å². The Bertz CT molecular complexity index is 1740. The predicted octanol–water partition coefficient (Wildman–Crippen LogP) is 5.73. The lowest BCUT2D eigenvalue weighted by Crippen LogP contribution is -2.61. The van der Waals surface area contributed by atoms with Crippen molar-refractivity contribution in [1.29, 1.82) is 0 Å². The summed E-state index contributed by atoms with van der Waals surface area (Å²) < 4.78 is 2.48. The molecule has 0 unspecified atom stereocenters. The van der Waals surface area contributed by atoms with E-state index >= 15 is 0 Å². The van der Waals surface area contributed by atoms with Gasteiger partial charge in [-0.2, -0.15) is 0 Å². The van der Waals surface area contributed by atoms with Crippen LogP contribution in [0.25, 0.3) is 27.5 Å². The minimum Gasteiger partial charge on any atom is -0.309 e. The first-order valence-corrected chi connectivity index (χ1v) is 13.0. The van der Waals surface area contributed by atoms with Gasteiger partial charge in [0.25, 0.3) is 0 Å². The number of rotatable bonds is 1. The quantitative estimate of drug-likeness (QED) is 0.277. The molecule has 2 aliphatic heterocycles. The Balaban J connectivity index is 1.44. The van der Waals surface area contributed by atoms with E-state index in [0.29, 0.717) is 6.71 Å². The Hall–Kier alpha value is -4.04. The predicted molar refractivity (Wildman–Crippen MR) is 153 cm³/mol. The van der Waals surface area contributed by atoms with Crippen LogP contribution in [0.3, 0.4) is 0 Å². The van der Waals surface area contributed by atoms with Crippen molar-refractivity contribution >= 4 is 44.9 Å². The molecule has 1 aromatic heterocycles. The third-order valence-electron chi connectivity index (χ3n) is 8.44. The number of nitrogens with zero attached hydrogens (tertiary/aromatic N) is 1. The van der Waals surface area contributed by atoms with Crippen molar-refractivity contribution in [3.8, 4) is 5.69 Å². The van der Waals surface area contributed by atoms with Crippen molar-refractivity contribution in [2.24, 2.45) is 0 Å². The summed E-state index contributed by atoms with van der Waals surface area (Å²) in [5.74, 6) is 0. The number of hydrogen-bond donors (Lipinski definition) is 0. The van der Waals surface area contributed by atoms with Crippen molar-refractivity contribution in [1.82, 2.24) is 4.57 Å². The second-order valence-corrected chi connectivity index (χ2v) is 10.7. The summed E-state index contributed by atoms with van der Waals surface area (Å²) in [6.45, 7) is 4.76. The molecule has 0 bridgehead atoms. The Morgan fingerprint density at radius 1 is 0.556 bits per heavy atom. The second-order valence-electron chi connectivity index (χ2n) is 10.7. The molecule has 0 amide bonds. The maximum atomic E-state index is 2.48. The van der Waals surface area contributed by atoms with Gasteiger partial charge in [0.05, 0.1) is 11.0 Å². The first-order valence-electron chi connectivity index (χ1n) is 13.0.